The molecule has 3 rings (SSSR count). The summed E-state index contributed by atoms with van der Waals surface area (Å²) in [6.45, 7) is 6.54. The monoisotopic (exact) mass is 258 g/mol. The molecule has 0 aliphatic carbocycles. The maximum Gasteiger partial charge on any atom is 0.256 e. The van der Waals surface area contributed by atoms with E-state index in [0.29, 0.717) is 0 Å². The number of rotatable bonds is 1. The number of hydrogen-bond donors (Lipinski definition) is 2. The molecule has 5 heteroatoms. The Morgan fingerprint density at radius 3 is 3.11 bits per heavy atom. The second-order valence-electron chi connectivity index (χ2n) is 5.20. The van der Waals surface area contributed by atoms with E-state index in [4.69, 9.17) is 0 Å². The molecule has 0 radical (unpaired) electrons. The highest BCUT2D eigenvalue weighted by molar-refractivity contribution is 6.05. The molecule has 19 heavy (non-hydrogen) atoms. The van der Waals surface area contributed by atoms with Crippen molar-refractivity contribution in [3.63, 3.8) is 0 Å². The minimum Gasteiger partial charge on any atom is -0.333 e. The van der Waals surface area contributed by atoms with Gasteiger partial charge < -0.3 is 10.2 Å². The van der Waals surface area contributed by atoms with Crippen LogP contribution in [0.3, 0.4) is 0 Å². The van der Waals surface area contributed by atoms with Crippen LogP contribution >= 0.6 is 0 Å². The largest absolute Gasteiger partial charge is 0.333 e. The van der Waals surface area contributed by atoms with Crippen molar-refractivity contribution in [3.8, 4) is 0 Å². The first-order valence-electron chi connectivity index (χ1n) is 6.62. The first-order chi connectivity index (χ1) is 9.16. The van der Waals surface area contributed by atoms with Crippen LogP contribution in [-0.4, -0.2) is 46.7 Å². The zero-order valence-electron chi connectivity index (χ0n) is 11.2. The van der Waals surface area contributed by atoms with Crippen LogP contribution in [0.2, 0.25) is 0 Å². The number of nitrogens with zero attached hydrogens (tertiary/aromatic N) is 2. The fourth-order valence-corrected chi connectivity index (χ4v) is 2.67. The number of hydrogen-bond acceptors (Lipinski definition) is 3. The Hall–Kier alpha value is -1.88. The van der Waals surface area contributed by atoms with Crippen LogP contribution < -0.4 is 5.32 Å². The van der Waals surface area contributed by atoms with Gasteiger partial charge in [-0.2, -0.15) is 5.10 Å². The van der Waals surface area contributed by atoms with Gasteiger partial charge in [-0.15, -0.1) is 0 Å². The number of aromatic nitrogens is 2. The maximum atomic E-state index is 12.7. The van der Waals surface area contributed by atoms with Crippen LogP contribution in [-0.2, 0) is 0 Å². The van der Waals surface area contributed by atoms with Crippen molar-refractivity contribution < 1.29 is 4.79 Å². The number of benzene rings is 1. The van der Waals surface area contributed by atoms with Gasteiger partial charge in [-0.3, -0.25) is 9.89 Å². The van der Waals surface area contributed by atoms with Gasteiger partial charge in [0.1, 0.15) is 0 Å². The van der Waals surface area contributed by atoms with Crippen LogP contribution in [0.1, 0.15) is 22.8 Å². The molecule has 5 nitrogen and oxygen atoms in total. The number of nitrogens with one attached hydrogen (secondary N) is 2. The van der Waals surface area contributed by atoms with Gasteiger partial charge in [0.15, 0.2) is 0 Å². The first-order valence-corrected chi connectivity index (χ1v) is 6.62. The number of carbonyl (C=O) groups excluding carboxylic acids is 1. The van der Waals surface area contributed by atoms with Gasteiger partial charge in [-0.25, -0.2) is 0 Å². The lowest BCUT2D eigenvalue weighted by molar-refractivity contribution is 0.0657. The highest BCUT2D eigenvalue weighted by Gasteiger charge is 2.25. The molecular formula is C14H18N4O. The number of amides is 1. The fourth-order valence-electron chi connectivity index (χ4n) is 2.67. The molecule has 1 aromatic heterocycles. The molecule has 1 saturated heterocycles. The molecular weight excluding hydrogens is 240 g/mol. The van der Waals surface area contributed by atoms with E-state index in [9.17, 15) is 4.79 Å². The van der Waals surface area contributed by atoms with Gasteiger partial charge >= 0.3 is 0 Å². The standard InChI is InChI=1S/C14H18N4O/c1-9-5-11-8-16-17-13(11)12(6-9)14(19)18-4-3-15-7-10(18)2/h5-6,8,10,15H,3-4,7H2,1-2H3,(H,16,17)/t10-/m1/s1. The van der Waals surface area contributed by atoms with Gasteiger partial charge in [-0.05, 0) is 31.5 Å². The minimum absolute atomic E-state index is 0.0898. The van der Waals surface area contributed by atoms with Crippen molar-refractivity contribution in [2.45, 2.75) is 19.9 Å². The molecule has 1 aromatic carbocycles. The number of aromatic amines is 1. The third-order valence-electron chi connectivity index (χ3n) is 3.69. The third-order valence-corrected chi connectivity index (χ3v) is 3.69. The van der Waals surface area contributed by atoms with Crippen LogP contribution in [0.25, 0.3) is 10.9 Å². The van der Waals surface area contributed by atoms with Gasteiger partial charge in [0, 0.05) is 31.1 Å². The van der Waals surface area contributed by atoms with E-state index in [2.05, 4.69) is 22.4 Å². The van der Waals surface area contributed by atoms with Crippen LogP contribution in [0.4, 0.5) is 0 Å². The molecule has 100 valence electrons. The molecule has 2 aromatic rings. The summed E-state index contributed by atoms with van der Waals surface area (Å²) in [5, 5.41) is 11.3. The van der Waals surface area contributed by atoms with E-state index in [0.717, 1.165) is 41.7 Å². The Morgan fingerprint density at radius 2 is 2.32 bits per heavy atom. The zero-order chi connectivity index (χ0) is 13.4. The molecule has 0 bridgehead atoms. The van der Waals surface area contributed by atoms with E-state index in [1.165, 1.54) is 0 Å². The van der Waals surface area contributed by atoms with E-state index in [1.54, 1.807) is 6.20 Å². The van der Waals surface area contributed by atoms with E-state index in [1.807, 2.05) is 24.0 Å². The Balaban J connectivity index is 2.03. The van der Waals surface area contributed by atoms with E-state index in [-0.39, 0.29) is 11.9 Å². The summed E-state index contributed by atoms with van der Waals surface area (Å²) in [6.07, 6.45) is 1.76. The van der Waals surface area contributed by atoms with Crippen molar-refractivity contribution in [2.75, 3.05) is 19.6 Å². The molecule has 0 spiro atoms. The summed E-state index contributed by atoms with van der Waals surface area (Å²) in [5.41, 5.74) is 2.64. The lowest BCUT2D eigenvalue weighted by atomic mass is 10.1. The van der Waals surface area contributed by atoms with Crippen LogP contribution in [0.15, 0.2) is 18.3 Å². The zero-order valence-corrected chi connectivity index (χ0v) is 11.2. The van der Waals surface area contributed by atoms with Crippen molar-refractivity contribution >= 4 is 16.8 Å². The summed E-state index contributed by atoms with van der Waals surface area (Å²) >= 11 is 0. The van der Waals surface area contributed by atoms with Crippen molar-refractivity contribution in [1.29, 1.82) is 0 Å². The Kier molecular flexibility index (Phi) is 2.98. The summed E-state index contributed by atoms with van der Waals surface area (Å²) in [6, 6.07) is 4.20. The summed E-state index contributed by atoms with van der Waals surface area (Å²) in [5.74, 6) is 0.0898. The Labute approximate surface area is 112 Å². The summed E-state index contributed by atoms with van der Waals surface area (Å²) in [7, 11) is 0. The average Bonchev–Trinajstić information content (AvgIpc) is 2.85. The normalized spacial score (nSPS) is 19.9. The molecule has 1 fully saturated rings. The lowest BCUT2D eigenvalue weighted by Crippen LogP contribution is -2.52. The average molecular weight is 258 g/mol. The minimum atomic E-state index is 0.0898. The molecule has 1 aliphatic heterocycles. The maximum absolute atomic E-state index is 12.7. The van der Waals surface area contributed by atoms with Crippen LogP contribution in [0, 0.1) is 6.92 Å². The van der Waals surface area contributed by atoms with Crippen molar-refractivity contribution in [3.05, 3.63) is 29.5 Å². The summed E-state index contributed by atoms with van der Waals surface area (Å²) < 4.78 is 0. The molecule has 2 N–H and O–H groups in total. The predicted molar refractivity (Wildman–Crippen MR) is 74.2 cm³/mol. The predicted octanol–water partition coefficient (Wildman–Crippen LogP) is 1.31. The number of fused-ring (bicyclic) bond motifs is 1. The van der Waals surface area contributed by atoms with Crippen LogP contribution in [0.5, 0.6) is 0 Å². The van der Waals surface area contributed by atoms with Gasteiger partial charge in [0.05, 0.1) is 17.3 Å². The topological polar surface area (TPSA) is 61.0 Å². The van der Waals surface area contributed by atoms with E-state index >= 15 is 0 Å². The number of H-pyrrole nitrogens is 1. The molecule has 0 unspecified atom stereocenters. The molecule has 1 amide bonds. The van der Waals surface area contributed by atoms with Gasteiger partial charge in [-0.1, -0.05) is 0 Å². The molecule has 2 heterocycles. The Morgan fingerprint density at radius 1 is 1.47 bits per heavy atom. The second kappa shape index (κ2) is 4.66. The van der Waals surface area contributed by atoms with Gasteiger partial charge in [0.25, 0.3) is 5.91 Å². The SMILES string of the molecule is Cc1cc(C(=O)N2CCNC[C@H]2C)c2[nH]ncc2c1. The first kappa shape index (κ1) is 12.2. The highest BCUT2D eigenvalue weighted by atomic mass is 16.2. The molecule has 0 saturated carbocycles. The highest BCUT2D eigenvalue weighted by Crippen LogP contribution is 2.21. The summed E-state index contributed by atoms with van der Waals surface area (Å²) in [4.78, 5) is 14.7. The van der Waals surface area contributed by atoms with Crippen molar-refractivity contribution in [2.24, 2.45) is 0 Å². The lowest BCUT2D eigenvalue weighted by Gasteiger charge is -2.34. The third kappa shape index (κ3) is 2.10. The number of carbonyl (C=O) groups is 1. The molecule has 1 aliphatic rings. The second-order valence-corrected chi connectivity index (χ2v) is 5.20. The number of piperazine rings is 1. The fraction of sp³-hybridized carbons (Fsp3) is 0.429. The van der Waals surface area contributed by atoms with E-state index < -0.39 is 0 Å². The smallest absolute Gasteiger partial charge is 0.256 e. The Bertz CT molecular complexity index is 619. The molecule has 1 atom stereocenters. The van der Waals surface area contributed by atoms with Crippen molar-refractivity contribution in [1.82, 2.24) is 20.4 Å². The number of aryl methyl sites for hydroxylation is 1. The quantitative estimate of drug-likeness (QED) is 0.810. The van der Waals surface area contributed by atoms with Gasteiger partial charge in [0.2, 0.25) is 0 Å².